The van der Waals surface area contributed by atoms with Crippen LogP contribution in [0.3, 0.4) is 0 Å². The van der Waals surface area contributed by atoms with Crippen molar-refractivity contribution in [2.24, 2.45) is 0 Å². The van der Waals surface area contributed by atoms with E-state index in [1.54, 1.807) is 28.0 Å². The SMILES string of the molecule is O=C(NCCc1csc2nc(-c3cccs3)nn12)c1ccccc1F. The van der Waals surface area contributed by atoms with Crippen molar-refractivity contribution in [3.05, 3.63) is 64.2 Å². The number of nitrogens with one attached hydrogen (secondary N) is 1. The van der Waals surface area contributed by atoms with Crippen LogP contribution in [0.5, 0.6) is 0 Å². The summed E-state index contributed by atoms with van der Waals surface area (Å²) < 4.78 is 15.4. The quantitative estimate of drug-likeness (QED) is 0.582. The van der Waals surface area contributed by atoms with Crippen LogP contribution in [0.1, 0.15) is 16.1 Å². The zero-order valence-electron chi connectivity index (χ0n) is 13.0. The predicted octanol–water partition coefficient (Wildman–Crippen LogP) is 3.63. The van der Waals surface area contributed by atoms with Gasteiger partial charge in [0, 0.05) is 18.3 Å². The number of halogens is 1. The smallest absolute Gasteiger partial charge is 0.254 e. The van der Waals surface area contributed by atoms with Gasteiger partial charge in [-0.05, 0) is 23.6 Å². The van der Waals surface area contributed by atoms with E-state index < -0.39 is 11.7 Å². The summed E-state index contributed by atoms with van der Waals surface area (Å²) in [6, 6.07) is 9.90. The number of nitrogens with zero attached hydrogens (tertiary/aromatic N) is 3. The molecule has 1 N–H and O–H groups in total. The van der Waals surface area contributed by atoms with Gasteiger partial charge in [-0.3, -0.25) is 4.79 Å². The number of carbonyl (C=O) groups excluding carboxylic acids is 1. The summed E-state index contributed by atoms with van der Waals surface area (Å²) in [6.45, 7) is 0.396. The average Bonchev–Trinajstić information content (AvgIpc) is 3.32. The van der Waals surface area contributed by atoms with Crippen molar-refractivity contribution in [2.45, 2.75) is 6.42 Å². The Morgan fingerprint density at radius 2 is 2.08 bits per heavy atom. The van der Waals surface area contributed by atoms with Gasteiger partial charge in [-0.25, -0.2) is 8.91 Å². The molecule has 3 heterocycles. The molecule has 5 nitrogen and oxygen atoms in total. The van der Waals surface area contributed by atoms with E-state index in [4.69, 9.17) is 0 Å². The van der Waals surface area contributed by atoms with Crippen LogP contribution < -0.4 is 5.32 Å². The number of carbonyl (C=O) groups is 1. The molecule has 3 aromatic heterocycles. The maximum Gasteiger partial charge on any atom is 0.254 e. The second-order valence-corrected chi connectivity index (χ2v) is 7.10. The summed E-state index contributed by atoms with van der Waals surface area (Å²) in [5, 5.41) is 11.2. The Kier molecular flexibility index (Phi) is 4.29. The molecule has 0 spiro atoms. The highest BCUT2D eigenvalue weighted by Crippen LogP contribution is 2.24. The van der Waals surface area contributed by atoms with Crippen molar-refractivity contribution < 1.29 is 9.18 Å². The Morgan fingerprint density at radius 3 is 2.88 bits per heavy atom. The first kappa shape index (κ1) is 15.9. The summed E-state index contributed by atoms with van der Waals surface area (Å²) in [7, 11) is 0. The summed E-state index contributed by atoms with van der Waals surface area (Å²) in [5.74, 6) is -0.226. The maximum absolute atomic E-state index is 13.6. The van der Waals surface area contributed by atoms with Crippen LogP contribution in [0, 0.1) is 5.82 Å². The first-order valence-corrected chi connectivity index (χ1v) is 9.38. The highest BCUT2D eigenvalue weighted by molar-refractivity contribution is 7.15. The maximum atomic E-state index is 13.6. The first-order valence-electron chi connectivity index (χ1n) is 7.62. The lowest BCUT2D eigenvalue weighted by molar-refractivity contribution is 0.0950. The molecule has 0 aliphatic heterocycles. The van der Waals surface area contributed by atoms with Crippen LogP contribution in [0.4, 0.5) is 4.39 Å². The molecule has 126 valence electrons. The molecule has 0 radical (unpaired) electrons. The topological polar surface area (TPSA) is 59.3 Å². The van der Waals surface area contributed by atoms with Gasteiger partial charge in [0.05, 0.1) is 16.1 Å². The number of rotatable bonds is 5. The van der Waals surface area contributed by atoms with Crippen LogP contribution in [-0.4, -0.2) is 27.0 Å². The monoisotopic (exact) mass is 372 g/mol. The summed E-state index contributed by atoms with van der Waals surface area (Å²) in [4.78, 5) is 18.4. The third-order valence-corrected chi connectivity index (χ3v) is 5.41. The van der Waals surface area contributed by atoms with Crippen LogP contribution in [0.15, 0.2) is 47.2 Å². The molecule has 0 fully saturated rings. The number of amides is 1. The summed E-state index contributed by atoms with van der Waals surface area (Å²) in [6.07, 6.45) is 0.591. The van der Waals surface area contributed by atoms with Crippen molar-refractivity contribution in [1.29, 1.82) is 0 Å². The Labute approximate surface area is 150 Å². The third kappa shape index (κ3) is 3.18. The minimum absolute atomic E-state index is 0.0544. The Hall–Kier alpha value is -2.58. The molecule has 0 aliphatic carbocycles. The van der Waals surface area contributed by atoms with E-state index in [9.17, 15) is 9.18 Å². The first-order chi connectivity index (χ1) is 12.2. The Balaban J connectivity index is 1.45. The van der Waals surface area contributed by atoms with Gasteiger partial charge in [-0.1, -0.05) is 18.2 Å². The van der Waals surface area contributed by atoms with Gasteiger partial charge in [0.1, 0.15) is 5.82 Å². The predicted molar refractivity (Wildman–Crippen MR) is 96.6 cm³/mol. The second-order valence-electron chi connectivity index (χ2n) is 5.32. The fraction of sp³-hybridized carbons (Fsp3) is 0.118. The molecule has 25 heavy (non-hydrogen) atoms. The molecule has 0 unspecified atom stereocenters. The van der Waals surface area contributed by atoms with E-state index in [0.717, 1.165) is 15.5 Å². The van der Waals surface area contributed by atoms with E-state index >= 15 is 0 Å². The standard InChI is InChI=1S/C17H13FN4OS2/c18-13-5-2-1-4-12(13)16(23)19-8-7-11-10-25-17-20-15(21-22(11)17)14-6-3-9-24-14/h1-6,9-10H,7-8H2,(H,19,23). The van der Waals surface area contributed by atoms with Crippen LogP contribution in [0.25, 0.3) is 15.7 Å². The van der Waals surface area contributed by atoms with Crippen LogP contribution in [0.2, 0.25) is 0 Å². The van der Waals surface area contributed by atoms with Gasteiger partial charge in [0.15, 0.2) is 5.82 Å². The highest BCUT2D eigenvalue weighted by atomic mass is 32.1. The molecule has 1 aromatic carbocycles. The molecule has 0 saturated carbocycles. The summed E-state index contributed by atoms with van der Waals surface area (Å²) in [5.41, 5.74) is 1.02. The Bertz CT molecular complexity index is 1020. The second kappa shape index (κ2) is 6.73. The molecular formula is C17H13FN4OS2. The fourth-order valence-electron chi connectivity index (χ4n) is 2.45. The number of aromatic nitrogens is 3. The average molecular weight is 372 g/mol. The molecule has 4 rings (SSSR count). The van der Waals surface area contributed by atoms with Gasteiger partial charge >= 0.3 is 0 Å². The van der Waals surface area contributed by atoms with E-state index in [2.05, 4.69) is 15.4 Å². The Morgan fingerprint density at radius 1 is 1.20 bits per heavy atom. The van der Waals surface area contributed by atoms with E-state index in [0.29, 0.717) is 18.8 Å². The van der Waals surface area contributed by atoms with Crippen LogP contribution >= 0.6 is 22.7 Å². The zero-order valence-corrected chi connectivity index (χ0v) is 14.6. The normalized spacial score (nSPS) is 11.1. The lowest BCUT2D eigenvalue weighted by Crippen LogP contribution is -2.26. The molecule has 1 amide bonds. The largest absolute Gasteiger partial charge is 0.352 e. The van der Waals surface area contributed by atoms with Crippen LogP contribution in [-0.2, 0) is 6.42 Å². The number of hydrogen-bond donors (Lipinski definition) is 1. The van der Waals surface area contributed by atoms with E-state index in [1.807, 2.05) is 22.9 Å². The van der Waals surface area contributed by atoms with E-state index in [-0.39, 0.29) is 5.56 Å². The summed E-state index contributed by atoms with van der Waals surface area (Å²) >= 11 is 3.11. The zero-order chi connectivity index (χ0) is 17.2. The van der Waals surface area contributed by atoms with Crippen molar-refractivity contribution in [2.75, 3.05) is 6.54 Å². The molecule has 4 aromatic rings. The van der Waals surface area contributed by atoms with Crippen molar-refractivity contribution in [3.63, 3.8) is 0 Å². The molecular weight excluding hydrogens is 359 g/mol. The van der Waals surface area contributed by atoms with Gasteiger partial charge < -0.3 is 5.32 Å². The number of hydrogen-bond acceptors (Lipinski definition) is 5. The molecule has 0 bridgehead atoms. The molecule has 0 saturated heterocycles. The lowest BCUT2D eigenvalue weighted by Gasteiger charge is -2.05. The molecule has 0 atom stereocenters. The number of benzene rings is 1. The fourth-order valence-corrected chi connectivity index (χ4v) is 3.96. The van der Waals surface area contributed by atoms with Gasteiger partial charge in [-0.2, -0.15) is 4.98 Å². The van der Waals surface area contributed by atoms with Gasteiger partial charge in [0.2, 0.25) is 4.96 Å². The minimum Gasteiger partial charge on any atom is -0.352 e. The molecule has 8 heteroatoms. The van der Waals surface area contributed by atoms with Crippen molar-refractivity contribution in [1.82, 2.24) is 19.9 Å². The third-order valence-electron chi connectivity index (χ3n) is 3.68. The van der Waals surface area contributed by atoms with Gasteiger partial charge in [0.25, 0.3) is 5.91 Å². The highest BCUT2D eigenvalue weighted by Gasteiger charge is 2.13. The number of fused-ring (bicyclic) bond motifs is 1. The van der Waals surface area contributed by atoms with Crippen molar-refractivity contribution in [3.8, 4) is 10.7 Å². The van der Waals surface area contributed by atoms with E-state index in [1.165, 1.54) is 23.5 Å². The number of thiazole rings is 1. The number of thiophene rings is 1. The molecule has 0 aliphatic rings. The lowest BCUT2D eigenvalue weighted by atomic mass is 10.2. The van der Waals surface area contributed by atoms with Crippen molar-refractivity contribution >= 4 is 33.5 Å². The minimum atomic E-state index is -0.519. The van der Waals surface area contributed by atoms with Gasteiger partial charge in [-0.15, -0.1) is 27.8 Å².